The molecule has 0 saturated heterocycles. The van der Waals surface area contributed by atoms with E-state index in [9.17, 15) is 9.59 Å². The van der Waals surface area contributed by atoms with E-state index in [1.54, 1.807) is 9.94 Å². The standard InChI is InChI=1S/C6H4N2O3Se2/c1-4(9)6(5(10)11,12-2-7)13-3-8/h1H3,(H,10,11). The molecule has 0 aliphatic heterocycles. The van der Waals surface area contributed by atoms with E-state index in [1.807, 2.05) is 0 Å². The van der Waals surface area contributed by atoms with E-state index < -0.39 is 44.9 Å². The first kappa shape index (κ1) is 12.2. The molecule has 7 heteroatoms. The Morgan fingerprint density at radius 2 is 1.69 bits per heavy atom. The predicted molar refractivity (Wildman–Crippen MR) is 43.7 cm³/mol. The molecule has 0 aromatic carbocycles. The molecule has 0 saturated carbocycles. The summed E-state index contributed by atoms with van der Waals surface area (Å²) in [6.07, 6.45) is 0. The molecule has 13 heavy (non-hydrogen) atoms. The Hall–Kier alpha value is -0.841. The molecular weight excluding hydrogens is 306 g/mol. The van der Waals surface area contributed by atoms with Crippen LogP contribution >= 0.6 is 0 Å². The van der Waals surface area contributed by atoms with Crippen molar-refractivity contribution in [1.29, 1.82) is 10.5 Å². The molecule has 0 aromatic rings. The van der Waals surface area contributed by atoms with Gasteiger partial charge >= 0.3 is 87.0 Å². The van der Waals surface area contributed by atoms with E-state index in [4.69, 9.17) is 15.6 Å². The topological polar surface area (TPSA) is 102 Å². The summed E-state index contributed by atoms with van der Waals surface area (Å²) in [5.41, 5.74) is 0. The summed E-state index contributed by atoms with van der Waals surface area (Å²) >= 11 is -2.03. The molecule has 0 heterocycles. The van der Waals surface area contributed by atoms with Gasteiger partial charge in [-0.1, -0.05) is 0 Å². The number of carboxylic acid groups (broad SMARTS) is 1. The van der Waals surface area contributed by atoms with Gasteiger partial charge in [-0.05, 0) is 0 Å². The number of Topliss-reactive ketones (excluding diaryl/α,β-unsaturated/α-hetero) is 1. The fraction of sp³-hybridized carbons (Fsp3) is 0.333. The van der Waals surface area contributed by atoms with Crippen LogP contribution in [0.1, 0.15) is 6.92 Å². The molecule has 0 unspecified atom stereocenters. The van der Waals surface area contributed by atoms with E-state index in [0.29, 0.717) is 0 Å². The van der Waals surface area contributed by atoms with E-state index in [0.717, 1.165) is 6.92 Å². The molecule has 0 bridgehead atoms. The fourth-order valence-corrected chi connectivity index (χ4v) is 3.39. The molecule has 0 radical (unpaired) electrons. The zero-order valence-corrected chi connectivity index (χ0v) is 9.90. The number of aliphatic carboxylic acids is 1. The minimum atomic E-state index is -1.72. The predicted octanol–water partition coefficient (Wildman–Crippen LogP) is -0.853. The molecule has 5 nitrogen and oxygen atoms in total. The second-order valence-electron chi connectivity index (χ2n) is 1.86. The second-order valence-corrected chi connectivity index (χ2v) is 7.37. The Balaban J connectivity index is 5.09. The number of carbonyl (C=O) groups excluding carboxylic acids is 1. The van der Waals surface area contributed by atoms with Crippen LogP contribution in [0.15, 0.2) is 0 Å². The van der Waals surface area contributed by atoms with Gasteiger partial charge in [-0.3, -0.25) is 0 Å². The maximum atomic E-state index is 11.0. The van der Waals surface area contributed by atoms with Crippen molar-refractivity contribution in [2.75, 3.05) is 0 Å². The van der Waals surface area contributed by atoms with Gasteiger partial charge in [0.15, 0.2) is 0 Å². The second kappa shape index (κ2) is 5.01. The molecule has 0 aromatic heterocycles. The van der Waals surface area contributed by atoms with Gasteiger partial charge in [0, 0.05) is 0 Å². The van der Waals surface area contributed by atoms with Crippen LogP contribution in [0.5, 0.6) is 0 Å². The summed E-state index contributed by atoms with van der Waals surface area (Å²) in [4.78, 5) is 25.1. The number of rotatable bonds is 4. The fourth-order valence-electron chi connectivity index (χ4n) is 0.531. The monoisotopic (exact) mass is 312 g/mol. The Kier molecular flexibility index (Phi) is 4.69. The van der Waals surface area contributed by atoms with Gasteiger partial charge in [0.05, 0.1) is 0 Å². The van der Waals surface area contributed by atoms with Crippen molar-refractivity contribution in [3.05, 3.63) is 0 Å². The first-order valence-electron chi connectivity index (χ1n) is 2.90. The van der Waals surface area contributed by atoms with Gasteiger partial charge in [0.2, 0.25) is 0 Å². The van der Waals surface area contributed by atoms with Crippen LogP contribution in [0.4, 0.5) is 0 Å². The molecule has 0 aliphatic carbocycles. The average Bonchev–Trinajstić information content (AvgIpc) is 2.03. The number of nitrogens with zero attached hydrogens (tertiary/aromatic N) is 2. The molecule has 1 N–H and O–H groups in total. The molecule has 0 amide bonds. The van der Waals surface area contributed by atoms with Crippen LogP contribution in [0.3, 0.4) is 0 Å². The third-order valence-electron chi connectivity index (χ3n) is 1.12. The number of hydrogen-bond acceptors (Lipinski definition) is 4. The quantitative estimate of drug-likeness (QED) is 0.538. The summed E-state index contributed by atoms with van der Waals surface area (Å²) in [5, 5.41) is 25.5. The minimum absolute atomic E-state index is 0.608. The maximum absolute atomic E-state index is 11.0. The number of nitriles is 2. The van der Waals surface area contributed by atoms with Crippen molar-refractivity contribution in [1.82, 2.24) is 0 Å². The van der Waals surface area contributed by atoms with Crippen molar-refractivity contribution >= 4 is 41.7 Å². The first-order valence-corrected chi connectivity index (χ1v) is 6.32. The van der Waals surface area contributed by atoms with E-state index >= 15 is 0 Å². The third kappa shape index (κ3) is 2.55. The Morgan fingerprint density at radius 3 is 1.85 bits per heavy atom. The van der Waals surface area contributed by atoms with Gasteiger partial charge in [-0.25, -0.2) is 0 Å². The molecule has 0 rings (SSSR count). The molecule has 0 spiro atoms. The number of ketones is 1. The van der Waals surface area contributed by atoms with Gasteiger partial charge in [0.1, 0.15) is 0 Å². The number of carboxylic acids is 1. The summed E-state index contributed by atoms with van der Waals surface area (Å²) in [7, 11) is 0. The van der Waals surface area contributed by atoms with E-state index in [1.165, 1.54) is 0 Å². The Labute approximate surface area is 87.0 Å². The van der Waals surface area contributed by atoms with Crippen molar-refractivity contribution in [2.24, 2.45) is 0 Å². The molecule has 0 fully saturated rings. The summed E-state index contributed by atoms with van der Waals surface area (Å²) in [5.74, 6) is -1.97. The summed E-state index contributed by atoms with van der Waals surface area (Å²) in [6, 6.07) is 0. The molecule has 68 valence electrons. The molecule has 0 atom stereocenters. The molecule has 0 aliphatic rings. The summed E-state index contributed by atoms with van der Waals surface area (Å²) < 4.78 is -1.72. The Bertz CT molecular complexity index is 283. The van der Waals surface area contributed by atoms with Gasteiger partial charge in [-0.15, -0.1) is 0 Å². The van der Waals surface area contributed by atoms with Gasteiger partial charge < -0.3 is 0 Å². The Morgan fingerprint density at radius 1 is 1.31 bits per heavy atom. The normalized spacial score (nSPS) is 9.77. The van der Waals surface area contributed by atoms with Crippen LogP contribution in [-0.2, 0) is 9.59 Å². The van der Waals surface area contributed by atoms with Crippen molar-refractivity contribution in [3.63, 3.8) is 0 Å². The number of carbonyl (C=O) groups is 2. The van der Waals surface area contributed by atoms with Crippen molar-refractivity contribution in [2.45, 2.75) is 10.1 Å². The number of hydrogen-bond donors (Lipinski definition) is 1. The molecular formula is C6H4N2O3Se2. The van der Waals surface area contributed by atoms with Crippen LogP contribution in [0.2, 0.25) is 3.21 Å². The van der Waals surface area contributed by atoms with Crippen LogP contribution in [0, 0.1) is 20.5 Å². The van der Waals surface area contributed by atoms with Crippen LogP contribution < -0.4 is 0 Å². The summed E-state index contributed by atoms with van der Waals surface area (Å²) in [6.45, 7) is 1.10. The van der Waals surface area contributed by atoms with Crippen LogP contribution in [-0.4, -0.2) is 46.8 Å². The van der Waals surface area contributed by atoms with Crippen molar-refractivity contribution in [3.8, 4) is 9.94 Å². The SMILES string of the molecule is CC(=O)C([Se]C#N)([Se]C#N)C(=O)O. The van der Waals surface area contributed by atoms with Crippen LogP contribution in [0.25, 0.3) is 0 Å². The van der Waals surface area contributed by atoms with E-state index in [2.05, 4.69) is 0 Å². The zero-order valence-electron chi connectivity index (χ0n) is 6.47. The van der Waals surface area contributed by atoms with E-state index in [-0.39, 0.29) is 0 Å². The first-order chi connectivity index (χ1) is 6.01. The average molecular weight is 310 g/mol. The van der Waals surface area contributed by atoms with Crippen molar-refractivity contribution < 1.29 is 14.7 Å². The zero-order chi connectivity index (χ0) is 10.5. The van der Waals surface area contributed by atoms with Gasteiger partial charge in [-0.2, -0.15) is 0 Å². The van der Waals surface area contributed by atoms with Gasteiger partial charge in [0.25, 0.3) is 0 Å². The third-order valence-corrected chi connectivity index (χ3v) is 6.47.